The van der Waals surface area contributed by atoms with Gasteiger partial charge in [0, 0.05) is 48.1 Å². The maximum Gasteiger partial charge on any atom is 0.221 e. The third kappa shape index (κ3) is 4.36. The van der Waals surface area contributed by atoms with Gasteiger partial charge in [0.05, 0.1) is 0 Å². The van der Waals surface area contributed by atoms with Gasteiger partial charge in [0.1, 0.15) is 0 Å². The lowest BCUT2D eigenvalue weighted by Crippen LogP contribution is -2.25. The predicted octanol–water partition coefficient (Wildman–Crippen LogP) is 5.67. The van der Waals surface area contributed by atoms with Gasteiger partial charge >= 0.3 is 0 Å². The zero-order valence-electron chi connectivity index (χ0n) is 16.3. The summed E-state index contributed by atoms with van der Waals surface area (Å²) < 4.78 is 2.12. The van der Waals surface area contributed by atoms with Crippen LogP contribution in [0, 0.1) is 0 Å². The van der Waals surface area contributed by atoms with Crippen LogP contribution in [0.1, 0.15) is 29.0 Å². The molecule has 3 aromatic carbocycles. The molecule has 1 N–H and O–H groups in total. The van der Waals surface area contributed by atoms with Crippen molar-refractivity contribution in [3.05, 3.63) is 107 Å². The van der Waals surface area contributed by atoms with Gasteiger partial charge in [-0.2, -0.15) is 0 Å². The first-order chi connectivity index (χ1) is 14.1. The molecule has 0 aliphatic carbocycles. The fourth-order valence-corrected chi connectivity index (χ4v) is 3.93. The number of amides is 1. The van der Waals surface area contributed by atoms with Crippen LogP contribution in [0.25, 0.3) is 10.9 Å². The lowest BCUT2D eigenvalue weighted by molar-refractivity contribution is -0.121. The molecule has 0 saturated heterocycles. The number of carbonyl (C=O) groups excluding carboxylic acids is 1. The Labute approximate surface area is 175 Å². The number of carbonyl (C=O) groups is 1. The van der Waals surface area contributed by atoms with Crippen LogP contribution in [-0.4, -0.2) is 10.5 Å². The van der Waals surface area contributed by atoms with Crippen LogP contribution in [0.4, 0.5) is 0 Å². The fourth-order valence-electron chi connectivity index (χ4n) is 3.81. The van der Waals surface area contributed by atoms with Crippen LogP contribution >= 0.6 is 11.6 Å². The monoisotopic (exact) mass is 402 g/mol. The number of aryl methyl sites for hydroxylation is 1. The van der Waals surface area contributed by atoms with E-state index >= 15 is 0 Å². The average molecular weight is 403 g/mol. The molecular formula is C25H23ClN2O. The molecule has 1 aromatic heterocycles. The molecule has 4 aromatic rings. The molecule has 0 radical (unpaired) electrons. The third-order valence-electron chi connectivity index (χ3n) is 5.30. The number of halogens is 1. The van der Waals surface area contributed by atoms with Gasteiger partial charge in [0.15, 0.2) is 0 Å². The Bertz CT molecular complexity index is 1120. The molecule has 0 aliphatic heterocycles. The molecule has 0 aliphatic rings. The van der Waals surface area contributed by atoms with E-state index in [1.54, 1.807) is 0 Å². The molecule has 1 atom stereocenters. The molecule has 29 heavy (non-hydrogen) atoms. The molecule has 4 rings (SSSR count). The van der Waals surface area contributed by atoms with E-state index in [1.807, 2.05) is 73.8 Å². The van der Waals surface area contributed by atoms with Gasteiger partial charge < -0.3 is 9.88 Å². The molecular weight excluding hydrogens is 380 g/mol. The third-order valence-corrected chi connectivity index (χ3v) is 5.55. The summed E-state index contributed by atoms with van der Waals surface area (Å²) in [5.41, 5.74) is 4.49. The number of rotatable bonds is 6. The molecule has 0 fully saturated rings. The van der Waals surface area contributed by atoms with Crippen molar-refractivity contribution >= 4 is 28.4 Å². The number of hydrogen-bond donors (Lipinski definition) is 1. The fraction of sp³-hybridized carbons (Fsp3) is 0.160. The maximum atomic E-state index is 12.8. The number of aromatic nitrogens is 1. The van der Waals surface area contributed by atoms with E-state index in [1.165, 1.54) is 5.39 Å². The largest absolute Gasteiger partial charge is 0.352 e. The summed E-state index contributed by atoms with van der Waals surface area (Å²) in [7, 11) is 2.04. The van der Waals surface area contributed by atoms with Crippen molar-refractivity contribution in [2.45, 2.75) is 18.9 Å². The topological polar surface area (TPSA) is 34.0 Å². The van der Waals surface area contributed by atoms with Crippen LogP contribution < -0.4 is 5.32 Å². The second-order valence-corrected chi connectivity index (χ2v) is 7.72. The van der Waals surface area contributed by atoms with E-state index in [4.69, 9.17) is 11.6 Å². The molecule has 0 spiro atoms. The maximum absolute atomic E-state index is 12.8. The van der Waals surface area contributed by atoms with Crippen LogP contribution in [0.2, 0.25) is 5.02 Å². The van der Waals surface area contributed by atoms with Crippen molar-refractivity contribution in [2.24, 2.45) is 7.05 Å². The molecule has 1 amide bonds. The Morgan fingerprint density at radius 1 is 0.966 bits per heavy atom. The second kappa shape index (κ2) is 8.54. The minimum absolute atomic E-state index is 0.0294. The van der Waals surface area contributed by atoms with Crippen LogP contribution in [0.15, 0.2) is 85.1 Å². The van der Waals surface area contributed by atoms with E-state index in [2.05, 4.69) is 28.2 Å². The van der Waals surface area contributed by atoms with Crippen LogP contribution in [0.3, 0.4) is 0 Å². The van der Waals surface area contributed by atoms with Crippen LogP contribution in [-0.2, 0) is 18.4 Å². The predicted molar refractivity (Wildman–Crippen MR) is 119 cm³/mol. The summed E-state index contributed by atoms with van der Waals surface area (Å²) in [6, 6.07) is 26.1. The van der Waals surface area contributed by atoms with Gasteiger partial charge in [0.25, 0.3) is 0 Å². The minimum Gasteiger partial charge on any atom is -0.352 e. The Balaban J connectivity index is 1.63. The molecule has 0 saturated carbocycles. The lowest BCUT2D eigenvalue weighted by Gasteiger charge is -2.17. The summed E-state index contributed by atoms with van der Waals surface area (Å²) in [5.74, 6) is -0.0177. The highest BCUT2D eigenvalue weighted by Gasteiger charge is 2.22. The van der Waals surface area contributed by atoms with Gasteiger partial charge in [-0.1, -0.05) is 72.3 Å². The molecule has 146 valence electrons. The normalized spacial score (nSPS) is 12.1. The Morgan fingerprint density at radius 2 is 1.66 bits per heavy atom. The van der Waals surface area contributed by atoms with E-state index in [9.17, 15) is 4.79 Å². The Morgan fingerprint density at radius 3 is 2.41 bits per heavy atom. The van der Waals surface area contributed by atoms with Gasteiger partial charge in [-0.05, 0) is 34.9 Å². The number of fused-ring (bicyclic) bond motifs is 1. The summed E-state index contributed by atoms with van der Waals surface area (Å²) in [6.45, 7) is 0.530. The lowest BCUT2D eigenvalue weighted by atomic mass is 9.88. The molecule has 3 nitrogen and oxygen atoms in total. The van der Waals surface area contributed by atoms with Gasteiger partial charge in [0.2, 0.25) is 5.91 Å². The highest BCUT2D eigenvalue weighted by molar-refractivity contribution is 6.30. The first-order valence-electron chi connectivity index (χ1n) is 9.72. The molecule has 0 unspecified atom stereocenters. The van der Waals surface area contributed by atoms with Gasteiger partial charge in [-0.25, -0.2) is 0 Å². The quantitative estimate of drug-likeness (QED) is 0.443. The number of nitrogens with zero attached hydrogens (tertiary/aromatic N) is 1. The van der Waals surface area contributed by atoms with Crippen molar-refractivity contribution in [1.82, 2.24) is 9.88 Å². The number of hydrogen-bond acceptors (Lipinski definition) is 1. The van der Waals surface area contributed by atoms with E-state index in [0.717, 1.165) is 22.2 Å². The highest BCUT2D eigenvalue weighted by atomic mass is 35.5. The first-order valence-corrected chi connectivity index (χ1v) is 10.1. The minimum atomic E-state index is -0.0471. The Kier molecular flexibility index (Phi) is 5.68. The van der Waals surface area contributed by atoms with Crippen LogP contribution in [0.5, 0.6) is 0 Å². The number of nitrogens with one attached hydrogen (secondary N) is 1. The zero-order chi connectivity index (χ0) is 20.2. The summed E-state index contributed by atoms with van der Waals surface area (Å²) in [4.78, 5) is 12.8. The van der Waals surface area contributed by atoms with Crippen molar-refractivity contribution in [1.29, 1.82) is 0 Å². The smallest absolute Gasteiger partial charge is 0.221 e. The van der Waals surface area contributed by atoms with Gasteiger partial charge in [-0.15, -0.1) is 0 Å². The highest BCUT2D eigenvalue weighted by Crippen LogP contribution is 2.34. The Hall–Kier alpha value is -3.04. The van der Waals surface area contributed by atoms with Gasteiger partial charge in [-0.3, -0.25) is 4.79 Å². The average Bonchev–Trinajstić information content (AvgIpc) is 3.09. The van der Waals surface area contributed by atoms with Crippen molar-refractivity contribution in [3.63, 3.8) is 0 Å². The van der Waals surface area contributed by atoms with E-state index in [0.29, 0.717) is 18.0 Å². The first kappa shape index (κ1) is 19.3. The molecule has 0 bridgehead atoms. The summed E-state index contributed by atoms with van der Waals surface area (Å²) in [6.07, 6.45) is 2.51. The number of para-hydroxylation sites is 1. The molecule has 1 heterocycles. The SMILES string of the molecule is Cn1cc([C@H](CC(=O)NCc2ccccc2)c2ccc(Cl)cc2)c2ccccc21. The summed E-state index contributed by atoms with van der Waals surface area (Å²) >= 11 is 6.10. The van der Waals surface area contributed by atoms with E-state index < -0.39 is 0 Å². The van der Waals surface area contributed by atoms with Crippen molar-refractivity contribution < 1.29 is 4.79 Å². The van der Waals surface area contributed by atoms with E-state index in [-0.39, 0.29) is 11.8 Å². The standard InChI is InChI=1S/C25H23ClN2O/c1-28-17-23(21-9-5-6-10-24(21)28)22(19-11-13-20(26)14-12-19)15-25(29)27-16-18-7-3-2-4-8-18/h2-14,17,22H,15-16H2,1H3,(H,27,29)/t22-/m1/s1. The van der Waals surface area contributed by atoms with Crippen molar-refractivity contribution in [3.8, 4) is 0 Å². The number of benzene rings is 3. The second-order valence-electron chi connectivity index (χ2n) is 7.28. The molecule has 4 heteroatoms. The van der Waals surface area contributed by atoms with Crippen molar-refractivity contribution in [2.75, 3.05) is 0 Å². The summed E-state index contributed by atoms with van der Waals surface area (Å²) in [5, 5.41) is 4.93. The zero-order valence-corrected chi connectivity index (χ0v) is 17.1.